The van der Waals surface area contributed by atoms with Crippen molar-refractivity contribution in [2.75, 3.05) is 12.5 Å². The molecule has 0 aliphatic carbocycles. The number of hydrogen-bond acceptors (Lipinski definition) is 7. The highest BCUT2D eigenvalue weighted by Gasteiger charge is 2.40. The summed E-state index contributed by atoms with van der Waals surface area (Å²) >= 11 is 3.19. The summed E-state index contributed by atoms with van der Waals surface area (Å²) in [6.07, 6.45) is 4.30. The van der Waals surface area contributed by atoms with Gasteiger partial charge in [-0.3, -0.25) is 0 Å². The SMILES string of the molecule is CCC[C@@H](NC(=O)OCc1ccccc1)P(=O)(Oc1ccc(SC)cc1)Oc1ccc(SC)cc1. The molecule has 0 bridgehead atoms. The van der Waals surface area contributed by atoms with Crippen molar-refractivity contribution in [1.82, 2.24) is 5.32 Å². The van der Waals surface area contributed by atoms with Crippen molar-refractivity contribution in [3.05, 3.63) is 84.4 Å². The van der Waals surface area contributed by atoms with Crippen molar-refractivity contribution >= 4 is 37.2 Å². The highest BCUT2D eigenvalue weighted by atomic mass is 32.2. The molecule has 9 heteroatoms. The molecular weight excluding hydrogens is 501 g/mol. The Labute approximate surface area is 215 Å². The molecule has 3 aromatic carbocycles. The fraction of sp³-hybridized carbons (Fsp3) is 0.269. The highest BCUT2D eigenvalue weighted by molar-refractivity contribution is 7.98. The third kappa shape index (κ3) is 8.27. The molecule has 0 saturated carbocycles. The Kier molecular flexibility index (Phi) is 10.5. The van der Waals surface area contributed by atoms with Crippen LogP contribution in [0.2, 0.25) is 0 Å². The maximum Gasteiger partial charge on any atom is 0.453 e. The summed E-state index contributed by atoms with van der Waals surface area (Å²) in [5, 5.41) is 2.73. The standard InChI is InChI=1S/C26H30NO5PS2/c1-4-8-25(27-26(28)30-19-20-9-6-5-7-10-20)33(29,31-21-11-15-23(34-2)16-12-21)32-22-13-17-24(35-3)18-14-22/h5-7,9-18,25H,4,8,19H2,1-3H3,(H,27,28)/t25-/m0/s1. The van der Waals surface area contributed by atoms with Gasteiger partial charge in [-0.25, -0.2) is 9.36 Å². The lowest BCUT2D eigenvalue weighted by molar-refractivity contribution is 0.137. The zero-order valence-electron chi connectivity index (χ0n) is 20.0. The van der Waals surface area contributed by atoms with Crippen LogP contribution in [0.25, 0.3) is 0 Å². The third-order valence-corrected chi connectivity index (χ3v) is 8.59. The second kappa shape index (κ2) is 13.5. The molecule has 35 heavy (non-hydrogen) atoms. The zero-order valence-corrected chi connectivity index (χ0v) is 22.5. The van der Waals surface area contributed by atoms with E-state index in [9.17, 15) is 9.36 Å². The summed E-state index contributed by atoms with van der Waals surface area (Å²) in [4.78, 5) is 14.7. The first kappa shape index (κ1) is 27.1. The van der Waals surface area contributed by atoms with E-state index >= 15 is 0 Å². The Balaban J connectivity index is 1.82. The molecule has 1 atom stereocenters. The summed E-state index contributed by atoms with van der Waals surface area (Å²) in [5.74, 6) is -0.115. The predicted octanol–water partition coefficient (Wildman–Crippen LogP) is 7.83. The first-order valence-electron chi connectivity index (χ1n) is 11.2. The summed E-state index contributed by atoms with van der Waals surface area (Å²) in [7, 11) is -3.91. The molecule has 3 aromatic rings. The molecule has 0 aliphatic heterocycles. The molecule has 0 radical (unpaired) electrons. The van der Waals surface area contributed by atoms with Gasteiger partial charge < -0.3 is 19.1 Å². The van der Waals surface area contributed by atoms with Crippen LogP contribution in [0.3, 0.4) is 0 Å². The van der Waals surface area contributed by atoms with Gasteiger partial charge >= 0.3 is 13.7 Å². The van der Waals surface area contributed by atoms with Gasteiger partial charge in [0.05, 0.1) is 0 Å². The van der Waals surface area contributed by atoms with E-state index in [2.05, 4.69) is 5.32 Å². The van der Waals surface area contributed by atoms with E-state index < -0.39 is 19.5 Å². The average molecular weight is 532 g/mol. The Hall–Kier alpha value is -2.54. The average Bonchev–Trinajstić information content (AvgIpc) is 2.88. The lowest BCUT2D eigenvalue weighted by Gasteiger charge is -2.28. The molecule has 0 saturated heterocycles. The number of hydrogen-bond donors (Lipinski definition) is 1. The number of ether oxygens (including phenoxy) is 1. The van der Waals surface area contributed by atoms with Crippen LogP contribution in [-0.4, -0.2) is 24.4 Å². The Bertz CT molecular complexity index is 1060. The lowest BCUT2D eigenvalue weighted by Crippen LogP contribution is -2.37. The number of carbonyl (C=O) groups is 1. The molecule has 0 unspecified atom stereocenters. The maximum absolute atomic E-state index is 14.2. The first-order chi connectivity index (χ1) is 17.0. The molecule has 0 aliphatic rings. The third-order valence-electron chi connectivity index (χ3n) is 5.03. The van der Waals surface area contributed by atoms with E-state index in [1.54, 1.807) is 47.8 Å². The highest BCUT2D eigenvalue weighted by Crippen LogP contribution is 2.53. The zero-order chi connectivity index (χ0) is 25.1. The second-order valence-corrected chi connectivity index (χ2v) is 11.4. The van der Waals surface area contributed by atoms with Gasteiger partial charge in [-0.2, -0.15) is 0 Å². The summed E-state index contributed by atoms with van der Waals surface area (Å²) < 4.78 is 31.6. The van der Waals surface area contributed by atoms with Crippen molar-refractivity contribution < 1.29 is 23.1 Å². The van der Waals surface area contributed by atoms with Crippen LogP contribution < -0.4 is 14.4 Å². The van der Waals surface area contributed by atoms with Crippen molar-refractivity contribution in [3.63, 3.8) is 0 Å². The fourth-order valence-corrected chi connectivity index (χ4v) is 5.97. The van der Waals surface area contributed by atoms with Crippen LogP contribution in [0.4, 0.5) is 4.79 Å². The van der Waals surface area contributed by atoms with Gasteiger partial charge in [-0.05, 0) is 73.0 Å². The molecular formula is C26H30NO5PS2. The number of rotatable bonds is 12. The molecule has 186 valence electrons. The normalized spacial score (nSPS) is 12.0. The monoisotopic (exact) mass is 531 g/mol. The number of nitrogens with one attached hydrogen (secondary N) is 1. The number of thioether (sulfide) groups is 2. The van der Waals surface area contributed by atoms with E-state index in [1.807, 2.05) is 74.0 Å². The van der Waals surface area contributed by atoms with Crippen LogP contribution in [0.5, 0.6) is 11.5 Å². The number of alkyl carbamates (subject to hydrolysis) is 1. The predicted molar refractivity (Wildman–Crippen MR) is 144 cm³/mol. The van der Waals surface area contributed by atoms with Crippen LogP contribution in [0.15, 0.2) is 88.7 Å². The van der Waals surface area contributed by atoms with Crippen molar-refractivity contribution in [2.24, 2.45) is 0 Å². The van der Waals surface area contributed by atoms with Crippen molar-refractivity contribution in [2.45, 2.75) is 41.9 Å². The minimum atomic E-state index is -3.91. The topological polar surface area (TPSA) is 73.9 Å². The van der Waals surface area contributed by atoms with E-state index in [1.165, 1.54) is 0 Å². The van der Waals surface area contributed by atoms with Gasteiger partial charge in [0.1, 0.15) is 18.1 Å². The van der Waals surface area contributed by atoms with E-state index in [-0.39, 0.29) is 6.61 Å². The molecule has 0 heterocycles. The van der Waals surface area contributed by atoms with Crippen LogP contribution in [-0.2, 0) is 15.9 Å². The molecule has 1 N–H and O–H groups in total. The van der Waals surface area contributed by atoms with Crippen LogP contribution >= 0.6 is 31.1 Å². The van der Waals surface area contributed by atoms with Gasteiger partial charge in [-0.15, -0.1) is 23.5 Å². The quantitative estimate of drug-likeness (QED) is 0.189. The van der Waals surface area contributed by atoms with Gasteiger partial charge in [0.25, 0.3) is 0 Å². The molecule has 1 amide bonds. The Morgan fingerprint density at radius 1 is 0.857 bits per heavy atom. The van der Waals surface area contributed by atoms with Crippen LogP contribution in [0, 0.1) is 0 Å². The Morgan fingerprint density at radius 2 is 1.37 bits per heavy atom. The number of benzene rings is 3. The first-order valence-corrected chi connectivity index (χ1v) is 15.3. The molecule has 0 spiro atoms. The second-order valence-electron chi connectivity index (χ2n) is 7.58. The molecule has 3 rings (SSSR count). The summed E-state index contributed by atoms with van der Waals surface area (Å²) in [6, 6.07) is 23.9. The largest absolute Gasteiger partial charge is 0.453 e. The summed E-state index contributed by atoms with van der Waals surface area (Å²) in [5.41, 5.74) is 0.855. The van der Waals surface area contributed by atoms with Crippen molar-refractivity contribution in [3.8, 4) is 11.5 Å². The lowest BCUT2D eigenvalue weighted by atomic mass is 10.2. The number of carbonyl (C=O) groups excluding carboxylic acids is 1. The van der Waals surface area contributed by atoms with Gasteiger partial charge in [0.2, 0.25) is 0 Å². The number of amides is 1. The van der Waals surface area contributed by atoms with Gasteiger partial charge in [0.15, 0.2) is 5.78 Å². The summed E-state index contributed by atoms with van der Waals surface area (Å²) in [6.45, 7) is 2.04. The van der Waals surface area contributed by atoms with Crippen molar-refractivity contribution in [1.29, 1.82) is 0 Å². The molecule has 0 aromatic heterocycles. The molecule has 0 fully saturated rings. The van der Waals surface area contributed by atoms with E-state index in [0.29, 0.717) is 24.3 Å². The minimum Gasteiger partial charge on any atom is -0.445 e. The van der Waals surface area contributed by atoms with E-state index in [0.717, 1.165) is 15.4 Å². The Morgan fingerprint density at radius 3 is 1.83 bits per heavy atom. The minimum absolute atomic E-state index is 0.101. The smallest absolute Gasteiger partial charge is 0.445 e. The van der Waals surface area contributed by atoms with Gasteiger partial charge in [0, 0.05) is 9.79 Å². The van der Waals surface area contributed by atoms with E-state index in [4.69, 9.17) is 13.8 Å². The maximum atomic E-state index is 14.2. The van der Waals surface area contributed by atoms with Gasteiger partial charge in [-0.1, -0.05) is 43.7 Å². The van der Waals surface area contributed by atoms with Crippen LogP contribution in [0.1, 0.15) is 25.3 Å². The fourth-order valence-electron chi connectivity index (χ4n) is 3.20. The molecule has 6 nitrogen and oxygen atoms in total.